The highest BCUT2D eigenvalue weighted by atomic mass is 19.4. The minimum absolute atomic E-state index is 0.0305. The number of morpholine rings is 1. The van der Waals surface area contributed by atoms with Crippen molar-refractivity contribution in [1.82, 2.24) is 9.88 Å². The summed E-state index contributed by atoms with van der Waals surface area (Å²) in [7, 11) is 0. The highest BCUT2D eigenvalue weighted by Crippen LogP contribution is 2.36. The number of halogens is 3. The number of anilines is 2. The van der Waals surface area contributed by atoms with E-state index in [1.165, 1.54) is 4.90 Å². The van der Waals surface area contributed by atoms with Crippen molar-refractivity contribution in [3.8, 4) is 17.0 Å². The average molecular weight is 561 g/mol. The zero-order chi connectivity index (χ0) is 28.3. The molecule has 0 spiro atoms. The topological polar surface area (TPSA) is 76.2 Å². The molecule has 4 heterocycles. The molecule has 3 aliphatic heterocycles. The molecule has 3 saturated heterocycles. The van der Waals surface area contributed by atoms with E-state index in [1.807, 2.05) is 19.1 Å². The van der Waals surface area contributed by atoms with Crippen molar-refractivity contribution in [2.24, 2.45) is 0 Å². The molecule has 2 aromatic rings. The Kier molecular flexibility index (Phi) is 8.51. The van der Waals surface area contributed by atoms with Gasteiger partial charge in [0.1, 0.15) is 11.8 Å². The van der Waals surface area contributed by atoms with Gasteiger partial charge in [-0.3, -0.25) is 0 Å². The Morgan fingerprint density at radius 2 is 1.80 bits per heavy atom. The number of likely N-dealkylation sites (tertiary alicyclic amines) is 1. The van der Waals surface area contributed by atoms with Crippen LogP contribution in [0, 0.1) is 6.92 Å². The predicted octanol–water partition coefficient (Wildman–Crippen LogP) is 5.57. The van der Waals surface area contributed by atoms with Crippen molar-refractivity contribution in [3.63, 3.8) is 0 Å². The minimum Gasteiger partial charge on any atom is -0.473 e. The Hall–Kier alpha value is -3.31. The molecule has 8 nitrogen and oxygen atoms in total. The number of hydrogen-bond donors (Lipinski definition) is 1. The van der Waals surface area contributed by atoms with Crippen molar-refractivity contribution >= 4 is 17.4 Å². The van der Waals surface area contributed by atoms with Crippen LogP contribution in [0.5, 0.6) is 5.88 Å². The van der Waals surface area contributed by atoms with Crippen LogP contribution in [0.1, 0.15) is 31.7 Å². The highest BCUT2D eigenvalue weighted by molar-refractivity contribution is 5.91. The SMILES string of the molecule is C/C(=C1\CCN(C(=O)Nc2ccc(C)c(-c3cnc(OC4CCOCC4)c(N4CCOCC4)c3)c2)C1)C(F)(F)F. The summed E-state index contributed by atoms with van der Waals surface area (Å²) in [5, 5.41) is 2.86. The Morgan fingerprint density at radius 1 is 1.07 bits per heavy atom. The van der Waals surface area contributed by atoms with E-state index in [4.69, 9.17) is 19.2 Å². The summed E-state index contributed by atoms with van der Waals surface area (Å²) in [6.07, 6.45) is -0.700. The summed E-state index contributed by atoms with van der Waals surface area (Å²) in [6, 6.07) is 7.23. The average Bonchev–Trinajstić information content (AvgIpc) is 3.45. The highest BCUT2D eigenvalue weighted by Gasteiger charge is 2.35. The fraction of sp³-hybridized carbons (Fsp3) is 0.517. The van der Waals surface area contributed by atoms with Crippen molar-refractivity contribution < 1.29 is 32.2 Å². The molecule has 11 heteroatoms. The molecule has 216 valence electrons. The van der Waals surface area contributed by atoms with E-state index < -0.39 is 17.8 Å². The number of urea groups is 1. The molecule has 0 bridgehead atoms. The molecule has 0 aliphatic carbocycles. The van der Waals surface area contributed by atoms with E-state index in [9.17, 15) is 18.0 Å². The zero-order valence-electron chi connectivity index (χ0n) is 22.9. The van der Waals surface area contributed by atoms with Gasteiger partial charge in [0.15, 0.2) is 0 Å². The number of amides is 2. The third-order valence-corrected chi connectivity index (χ3v) is 7.74. The number of aromatic nitrogens is 1. The zero-order valence-corrected chi connectivity index (χ0v) is 22.9. The number of rotatable bonds is 5. The van der Waals surface area contributed by atoms with Crippen LogP contribution < -0.4 is 15.0 Å². The number of nitrogens with one attached hydrogen (secondary N) is 1. The maximum atomic E-state index is 13.1. The molecule has 2 amide bonds. The lowest BCUT2D eigenvalue weighted by atomic mass is 10.0. The van der Waals surface area contributed by atoms with E-state index in [0.29, 0.717) is 38.0 Å². The van der Waals surface area contributed by atoms with Crippen molar-refractivity contribution in [1.29, 1.82) is 0 Å². The minimum atomic E-state index is -4.38. The van der Waals surface area contributed by atoms with E-state index in [2.05, 4.69) is 16.3 Å². The van der Waals surface area contributed by atoms with Crippen molar-refractivity contribution in [2.75, 3.05) is 62.8 Å². The first-order valence-corrected chi connectivity index (χ1v) is 13.7. The predicted molar refractivity (Wildman–Crippen MR) is 146 cm³/mol. The summed E-state index contributed by atoms with van der Waals surface area (Å²) >= 11 is 0. The molecule has 0 unspecified atom stereocenters. The smallest absolute Gasteiger partial charge is 0.412 e. The summed E-state index contributed by atoms with van der Waals surface area (Å²) in [5.41, 5.74) is 3.86. The van der Waals surface area contributed by atoms with Crippen LogP contribution in [-0.4, -0.2) is 80.8 Å². The number of carbonyl (C=O) groups is 1. The standard InChI is InChI=1S/C29H35F3N4O4/c1-19-3-4-23(34-28(37)36-8-5-21(18-36)20(2)29(30,31)32)16-25(19)22-15-26(35-9-13-39-14-10-35)27(33-17-22)40-24-6-11-38-12-7-24/h3-4,15-17,24H,5-14,18H2,1-2H3,(H,34,37)/b21-20-. The van der Waals surface area contributed by atoms with Gasteiger partial charge in [-0.05, 0) is 55.2 Å². The molecular weight excluding hydrogens is 525 g/mol. The Balaban J connectivity index is 1.36. The van der Waals surface area contributed by atoms with E-state index in [1.54, 1.807) is 12.3 Å². The van der Waals surface area contributed by atoms with Gasteiger partial charge in [-0.25, -0.2) is 9.78 Å². The van der Waals surface area contributed by atoms with Crippen molar-refractivity contribution in [3.05, 3.63) is 47.2 Å². The van der Waals surface area contributed by atoms with Gasteiger partial charge in [0.25, 0.3) is 0 Å². The van der Waals surface area contributed by atoms with Crippen LogP contribution in [-0.2, 0) is 9.47 Å². The van der Waals surface area contributed by atoms with E-state index >= 15 is 0 Å². The number of pyridine rings is 1. The summed E-state index contributed by atoms with van der Waals surface area (Å²) in [6.45, 7) is 7.31. The summed E-state index contributed by atoms with van der Waals surface area (Å²) in [5.74, 6) is 0.590. The maximum Gasteiger partial charge on any atom is 0.412 e. The second kappa shape index (κ2) is 12.1. The van der Waals surface area contributed by atoms with Crippen LogP contribution in [0.2, 0.25) is 0 Å². The first-order valence-electron chi connectivity index (χ1n) is 13.7. The Bertz CT molecular complexity index is 1250. The molecule has 0 atom stereocenters. The van der Waals surface area contributed by atoms with Gasteiger partial charge in [0.2, 0.25) is 5.88 Å². The Labute approximate surface area is 232 Å². The summed E-state index contributed by atoms with van der Waals surface area (Å²) in [4.78, 5) is 21.3. The Morgan fingerprint density at radius 3 is 2.52 bits per heavy atom. The molecule has 0 radical (unpaired) electrons. The van der Waals surface area contributed by atoms with Crippen molar-refractivity contribution in [2.45, 2.75) is 45.4 Å². The van der Waals surface area contributed by atoms with E-state index in [-0.39, 0.29) is 31.2 Å². The molecule has 5 rings (SSSR count). The number of allylic oxidation sites excluding steroid dienone is 1. The quantitative estimate of drug-likeness (QED) is 0.482. The number of carbonyl (C=O) groups excluding carboxylic acids is 1. The molecule has 3 fully saturated rings. The van der Waals surface area contributed by atoms with Gasteiger partial charge in [0.05, 0.1) is 26.4 Å². The first kappa shape index (κ1) is 28.2. The molecule has 3 aliphatic rings. The van der Waals surface area contributed by atoms with Gasteiger partial charge in [0, 0.05) is 62.0 Å². The molecule has 0 saturated carbocycles. The third-order valence-electron chi connectivity index (χ3n) is 7.74. The summed E-state index contributed by atoms with van der Waals surface area (Å²) < 4.78 is 56.7. The maximum absolute atomic E-state index is 13.1. The van der Waals surface area contributed by atoms with Gasteiger partial charge in [-0.1, -0.05) is 6.07 Å². The number of nitrogens with zero attached hydrogens (tertiary/aromatic N) is 3. The van der Waals surface area contributed by atoms with Crippen LogP contribution in [0.4, 0.5) is 29.3 Å². The lowest BCUT2D eigenvalue weighted by Crippen LogP contribution is -2.37. The van der Waals surface area contributed by atoms with Crippen LogP contribution in [0.25, 0.3) is 11.1 Å². The second-order valence-corrected chi connectivity index (χ2v) is 10.4. The largest absolute Gasteiger partial charge is 0.473 e. The number of alkyl halides is 3. The fourth-order valence-electron chi connectivity index (χ4n) is 5.21. The lowest BCUT2D eigenvalue weighted by Gasteiger charge is -2.31. The van der Waals surface area contributed by atoms with Gasteiger partial charge >= 0.3 is 12.2 Å². The van der Waals surface area contributed by atoms with Crippen LogP contribution in [0.15, 0.2) is 41.6 Å². The van der Waals surface area contributed by atoms with Crippen LogP contribution in [0.3, 0.4) is 0 Å². The van der Waals surface area contributed by atoms with E-state index in [0.717, 1.165) is 55.2 Å². The fourth-order valence-corrected chi connectivity index (χ4v) is 5.21. The normalized spacial score (nSPS) is 20.0. The molecular formula is C29H35F3N4O4. The monoisotopic (exact) mass is 560 g/mol. The molecule has 1 aromatic heterocycles. The molecule has 1 aromatic carbocycles. The van der Waals surface area contributed by atoms with Gasteiger partial charge in [-0.15, -0.1) is 0 Å². The number of benzene rings is 1. The second-order valence-electron chi connectivity index (χ2n) is 10.4. The number of ether oxygens (including phenoxy) is 3. The molecule has 1 N–H and O–H groups in total. The number of hydrogen-bond acceptors (Lipinski definition) is 6. The first-order chi connectivity index (χ1) is 19.2. The van der Waals surface area contributed by atoms with Crippen LogP contribution >= 0.6 is 0 Å². The lowest BCUT2D eigenvalue weighted by molar-refractivity contribution is -0.0922. The molecule has 40 heavy (non-hydrogen) atoms. The number of aryl methyl sites for hydroxylation is 1. The van der Waals surface area contributed by atoms with Gasteiger partial charge in [-0.2, -0.15) is 13.2 Å². The van der Waals surface area contributed by atoms with Gasteiger partial charge < -0.3 is 29.3 Å². The third kappa shape index (κ3) is 6.52.